The Hall–Kier alpha value is -2.42. The van der Waals surface area contributed by atoms with Crippen LogP contribution < -0.4 is 10.3 Å². The van der Waals surface area contributed by atoms with Gasteiger partial charge in [0.2, 0.25) is 0 Å². The van der Waals surface area contributed by atoms with Gasteiger partial charge in [-0.1, -0.05) is 35.3 Å². The van der Waals surface area contributed by atoms with Gasteiger partial charge in [-0.25, -0.2) is 4.98 Å². The molecule has 9 heteroatoms. The Balaban J connectivity index is 1.18. The Morgan fingerprint density at radius 2 is 1.88 bits per heavy atom. The molecule has 0 amide bonds. The van der Waals surface area contributed by atoms with Gasteiger partial charge in [-0.3, -0.25) is 14.3 Å². The minimum atomic E-state index is -0.133. The average molecular weight is 514 g/mol. The van der Waals surface area contributed by atoms with E-state index in [9.17, 15) is 4.79 Å². The molecule has 0 atom stereocenters. The molecule has 174 valence electrons. The molecule has 4 aromatic rings. The lowest BCUT2D eigenvalue weighted by molar-refractivity contribution is -0.189. The van der Waals surface area contributed by atoms with Gasteiger partial charge < -0.3 is 9.47 Å². The molecule has 0 N–H and O–H groups in total. The number of fused-ring (bicyclic) bond motifs is 1. The van der Waals surface area contributed by atoms with Crippen LogP contribution in [0.3, 0.4) is 0 Å². The number of aromatic nitrogens is 2. The van der Waals surface area contributed by atoms with Crippen molar-refractivity contribution in [3.8, 4) is 21.9 Å². The number of hydrogen-bond acceptors (Lipinski definition) is 6. The second-order valence-electron chi connectivity index (χ2n) is 8.92. The molecule has 6 nitrogen and oxygen atoms in total. The summed E-state index contributed by atoms with van der Waals surface area (Å²) in [5, 5.41) is 1.14. The van der Waals surface area contributed by atoms with E-state index in [1.54, 1.807) is 18.5 Å². The number of halogens is 2. The van der Waals surface area contributed by atoms with E-state index >= 15 is 0 Å². The molecule has 2 saturated heterocycles. The minimum Gasteiger partial charge on any atom is -0.491 e. The summed E-state index contributed by atoms with van der Waals surface area (Å²) in [6.07, 6.45) is 1.54. The first kappa shape index (κ1) is 22.1. The number of rotatable bonds is 6. The summed E-state index contributed by atoms with van der Waals surface area (Å²) in [7, 11) is 0. The smallest absolute Gasteiger partial charge is 0.275 e. The van der Waals surface area contributed by atoms with Gasteiger partial charge in [0.15, 0.2) is 0 Å². The van der Waals surface area contributed by atoms with E-state index < -0.39 is 0 Å². The first-order valence-corrected chi connectivity index (χ1v) is 12.6. The van der Waals surface area contributed by atoms with Crippen LogP contribution in [0.15, 0.2) is 59.7 Å². The molecule has 2 aliphatic heterocycles. The lowest BCUT2D eigenvalue weighted by Gasteiger charge is -2.55. The number of nitrogens with zero attached hydrogens (tertiary/aromatic N) is 3. The number of thiophene rings is 1. The van der Waals surface area contributed by atoms with Crippen LogP contribution in [-0.2, 0) is 4.74 Å². The largest absolute Gasteiger partial charge is 0.491 e. The second kappa shape index (κ2) is 8.66. The molecule has 0 bridgehead atoms. The molecule has 6 rings (SSSR count). The zero-order chi connectivity index (χ0) is 23.3. The number of benzene rings is 2. The summed E-state index contributed by atoms with van der Waals surface area (Å²) in [6.45, 7) is 5.32. The van der Waals surface area contributed by atoms with Crippen molar-refractivity contribution in [2.75, 3.05) is 39.5 Å². The normalized spacial score (nSPS) is 17.0. The molecule has 34 heavy (non-hydrogen) atoms. The van der Waals surface area contributed by atoms with Crippen molar-refractivity contribution < 1.29 is 9.47 Å². The summed E-state index contributed by atoms with van der Waals surface area (Å²) in [5.74, 6) is 0.607. The summed E-state index contributed by atoms with van der Waals surface area (Å²) in [5.41, 5.74) is 2.58. The highest BCUT2D eigenvalue weighted by Gasteiger charge is 2.48. The summed E-state index contributed by atoms with van der Waals surface area (Å²) in [6, 6.07) is 14.8. The fourth-order valence-electron chi connectivity index (χ4n) is 4.53. The Labute approximate surface area is 210 Å². The molecule has 2 aromatic carbocycles. The summed E-state index contributed by atoms with van der Waals surface area (Å²) in [4.78, 5) is 21.0. The number of ether oxygens (including phenoxy) is 2. The molecular weight excluding hydrogens is 493 g/mol. The van der Waals surface area contributed by atoms with E-state index in [-0.39, 0.29) is 5.56 Å². The maximum atomic E-state index is 13.2. The quantitative estimate of drug-likeness (QED) is 0.357. The van der Waals surface area contributed by atoms with Gasteiger partial charge in [0.25, 0.3) is 5.56 Å². The van der Waals surface area contributed by atoms with E-state index in [1.165, 1.54) is 15.9 Å². The highest BCUT2D eigenvalue weighted by molar-refractivity contribution is 7.22. The maximum absolute atomic E-state index is 13.2. The predicted molar refractivity (Wildman–Crippen MR) is 136 cm³/mol. The SMILES string of the molecule is O=c1c2sc(-c3ccc(Cl)cc3)cc2ncn1-c1ccc(OCCN2CC3(COC3)C2)c(Cl)c1. The van der Waals surface area contributed by atoms with Crippen LogP contribution in [0.2, 0.25) is 10.0 Å². The average Bonchev–Trinajstić information content (AvgIpc) is 3.21. The fraction of sp³-hybridized carbons (Fsp3) is 0.280. The number of hydrogen-bond donors (Lipinski definition) is 0. The molecule has 2 fully saturated rings. The molecule has 1 spiro atoms. The lowest BCUT2D eigenvalue weighted by atomic mass is 9.78. The third-order valence-electron chi connectivity index (χ3n) is 6.36. The molecule has 4 heterocycles. The maximum Gasteiger partial charge on any atom is 0.275 e. The van der Waals surface area contributed by atoms with Crippen LogP contribution in [0.5, 0.6) is 5.75 Å². The predicted octanol–water partition coefficient (Wildman–Crippen LogP) is 5.13. The lowest BCUT2D eigenvalue weighted by Crippen LogP contribution is -2.66. The molecular formula is C25H21Cl2N3O3S. The van der Waals surface area contributed by atoms with Crippen molar-refractivity contribution in [2.45, 2.75) is 0 Å². The number of likely N-dealkylation sites (tertiary alicyclic amines) is 1. The molecule has 2 aromatic heterocycles. The molecule has 0 unspecified atom stereocenters. The van der Waals surface area contributed by atoms with Crippen molar-refractivity contribution in [1.29, 1.82) is 0 Å². The highest BCUT2D eigenvalue weighted by Crippen LogP contribution is 2.37. The van der Waals surface area contributed by atoms with E-state index in [2.05, 4.69) is 9.88 Å². The first-order valence-electron chi connectivity index (χ1n) is 11.0. The van der Waals surface area contributed by atoms with Gasteiger partial charge in [-0.05, 0) is 42.0 Å². The van der Waals surface area contributed by atoms with Crippen molar-refractivity contribution in [1.82, 2.24) is 14.5 Å². The van der Waals surface area contributed by atoms with Gasteiger partial charge in [0.1, 0.15) is 23.4 Å². The third kappa shape index (κ3) is 4.01. The zero-order valence-corrected chi connectivity index (χ0v) is 20.5. The molecule has 0 saturated carbocycles. The van der Waals surface area contributed by atoms with Crippen LogP contribution >= 0.6 is 34.5 Å². The van der Waals surface area contributed by atoms with Gasteiger partial charge >= 0.3 is 0 Å². The van der Waals surface area contributed by atoms with Crippen LogP contribution in [-0.4, -0.2) is 53.9 Å². The summed E-state index contributed by atoms with van der Waals surface area (Å²) >= 11 is 13.9. The van der Waals surface area contributed by atoms with Gasteiger partial charge in [-0.2, -0.15) is 0 Å². The monoisotopic (exact) mass is 513 g/mol. The van der Waals surface area contributed by atoms with Crippen molar-refractivity contribution in [3.63, 3.8) is 0 Å². The molecule has 2 aliphatic rings. The standard InChI is InChI=1S/C25H21Cl2N3O3S/c26-17-3-1-16(2-4-17)22-10-20-23(34-22)24(31)30(15-28-20)18-5-6-21(19(27)9-18)33-8-7-29-11-25(12-29)13-32-14-25/h1-6,9-10,15H,7-8,11-14H2. The van der Waals surface area contributed by atoms with Gasteiger partial charge in [-0.15, -0.1) is 11.3 Å². The Bertz CT molecular complexity index is 1420. The Morgan fingerprint density at radius 1 is 1.09 bits per heavy atom. The van der Waals surface area contributed by atoms with E-state index in [1.807, 2.05) is 36.4 Å². The van der Waals surface area contributed by atoms with Gasteiger partial charge in [0, 0.05) is 34.9 Å². The Kier molecular flexibility index (Phi) is 5.62. The van der Waals surface area contributed by atoms with Crippen molar-refractivity contribution in [3.05, 3.63) is 75.3 Å². The van der Waals surface area contributed by atoms with E-state index in [4.69, 9.17) is 32.7 Å². The van der Waals surface area contributed by atoms with Crippen LogP contribution in [0.25, 0.3) is 26.3 Å². The van der Waals surface area contributed by atoms with Crippen LogP contribution in [0, 0.1) is 5.41 Å². The fourth-order valence-corrected chi connectivity index (χ4v) is 5.93. The zero-order valence-electron chi connectivity index (χ0n) is 18.2. The molecule has 0 radical (unpaired) electrons. The summed E-state index contributed by atoms with van der Waals surface area (Å²) < 4.78 is 13.3. The Morgan fingerprint density at radius 3 is 2.59 bits per heavy atom. The highest BCUT2D eigenvalue weighted by atomic mass is 35.5. The topological polar surface area (TPSA) is 56.6 Å². The van der Waals surface area contributed by atoms with Crippen molar-refractivity contribution in [2.24, 2.45) is 5.41 Å². The minimum absolute atomic E-state index is 0.133. The van der Waals surface area contributed by atoms with E-state index in [0.717, 1.165) is 43.3 Å². The second-order valence-corrected chi connectivity index (χ2v) is 10.8. The van der Waals surface area contributed by atoms with Crippen molar-refractivity contribution >= 4 is 44.8 Å². The van der Waals surface area contributed by atoms with Crippen LogP contribution in [0.1, 0.15) is 0 Å². The molecule has 0 aliphatic carbocycles. The van der Waals surface area contributed by atoms with Crippen LogP contribution in [0.4, 0.5) is 0 Å². The van der Waals surface area contributed by atoms with E-state index in [0.29, 0.717) is 43.7 Å². The third-order valence-corrected chi connectivity index (χ3v) is 8.07. The van der Waals surface area contributed by atoms with Gasteiger partial charge in [0.05, 0.1) is 29.4 Å². The first-order chi connectivity index (χ1) is 16.5.